The second-order valence-electron chi connectivity index (χ2n) is 22.5. The van der Waals surface area contributed by atoms with E-state index < -0.39 is 17.2 Å². The van der Waals surface area contributed by atoms with Crippen molar-refractivity contribution in [3.63, 3.8) is 0 Å². The molecule has 0 amide bonds. The molecule has 4 heterocycles. The quantitative estimate of drug-likeness (QED) is 0.0283. The number of nitrogens with zero attached hydrogens (tertiary/aromatic N) is 7. The number of carboxylic acid groups (broad SMARTS) is 1. The van der Waals surface area contributed by atoms with E-state index in [-0.39, 0.29) is 35.0 Å². The van der Waals surface area contributed by atoms with E-state index in [1.165, 1.54) is 59.5 Å². The third-order valence-electron chi connectivity index (χ3n) is 12.9. The van der Waals surface area contributed by atoms with Crippen molar-refractivity contribution in [1.82, 2.24) is 23.8 Å². The van der Waals surface area contributed by atoms with Crippen LogP contribution in [0.25, 0.3) is 43.7 Å². The Morgan fingerprint density at radius 1 is 0.491 bits per heavy atom. The van der Waals surface area contributed by atoms with Gasteiger partial charge in [0.15, 0.2) is 0 Å². The fourth-order valence-electron chi connectivity index (χ4n) is 8.67. The molecule has 0 spiro atoms. The van der Waals surface area contributed by atoms with E-state index >= 15 is 0 Å². The number of carboxylic acids is 1. The Labute approximate surface area is 746 Å². The van der Waals surface area contributed by atoms with Crippen molar-refractivity contribution in [3.8, 4) is 17.5 Å². The number of carbonyl (C=O) groups is 3. The topological polar surface area (TPSA) is 251 Å². The predicted molar refractivity (Wildman–Crippen MR) is 542 cm³/mol. The molecule has 0 atom stereocenters. The van der Waals surface area contributed by atoms with Gasteiger partial charge < -0.3 is 38.0 Å². The first-order chi connectivity index (χ1) is 52.6. The molecule has 0 radical (unpaired) electrons. The van der Waals surface area contributed by atoms with Gasteiger partial charge in [0.05, 0.1) is 17.8 Å². The monoisotopic (exact) mass is 2130 g/mol. The fraction of sp³-hybridized carbons (Fsp3) is 0.414. The minimum atomic E-state index is -0.799. The zero-order valence-corrected chi connectivity index (χ0v) is 86.8. The van der Waals surface area contributed by atoms with Crippen LogP contribution in [0.15, 0.2) is 96.9 Å². The van der Waals surface area contributed by atoms with Gasteiger partial charge in [-0.3, -0.25) is 28.8 Å². The van der Waals surface area contributed by atoms with E-state index in [4.69, 9.17) is 51.9 Å². The lowest BCUT2D eigenvalue weighted by Crippen LogP contribution is -2.23. The van der Waals surface area contributed by atoms with Crippen LogP contribution in [0.3, 0.4) is 0 Å². The number of hydrogen-bond donors (Lipinski definition) is 2. The summed E-state index contributed by atoms with van der Waals surface area (Å²) in [5, 5.41) is 37.6. The van der Waals surface area contributed by atoms with E-state index in [1.54, 1.807) is 280 Å². The van der Waals surface area contributed by atoms with Gasteiger partial charge in [0, 0.05) is 402 Å². The number of rotatable bonds is 17. The lowest BCUT2D eigenvalue weighted by Gasteiger charge is -2.19. The molecule has 0 aliphatic rings. The average Bonchev–Trinajstić information content (AvgIpc) is 1.05. The molecule has 0 saturated carbocycles. The van der Waals surface area contributed by atoms with Gasteiger partial charge in [-0.25, -0.2) is 0 Å². The van der Waals surface area contributed by atoms with E-state index in [0.717, 1.165) is 63.6 Å². The summed E-state index contributed by atoms with van der Waals surface area (Å²) in [6.07, 6.45) is 8.56. The van der Waals surface area contributed by atoms with Gasteiger partial charge in [-0.1, -0.05) is 22.4 Å². The van der Waals surface area contributed by atoms with Crippen LogP contribution in [-0.4, -0.2) is 69.5 Å². The Morgan fingerprint density at radius 2 is 0.818 bits per heavy atom. The zero-order valence-electron chi connectivity index (χ0n) is 59.1. The highest BCUT2D eigenvalue weighted by molar-refractivity contribution is 8.76. The predicted octanol–water partition coefficient (Wildman–Crippen LogP) is 9.48. The van der Waals surface area contributed by atoms with Gasteiger partial charge in [0.25, 0.3) is 16.7 Å². The third-order valence-corrected chi connectivity index (χ3v) is 68.5. The van der Waals surface area contributed by atoms with Crippen LogP contribution in [-0.2, 0) is 380 Å². The molecule has 7 aromatic rings. The van der Waals surface area contributed by atoms with Crippen LogP contribution in [0.4, 0.5) is 0 Å². The number of fused-ring (bicyclic) bond motifs is 3. The molecular weight excluding hydrogens is 2060 g/mol. The first-order valence-electron chi connectivity index (χ1n) is 30.5. The summed E-state index contributed by atoms with van der Waals surface area (Å²) in [5.74, 6) is -0.217. The van der Waals surface area contributed by atoms with Gasteiger partial charge in [-0.05, 0) is 182 Å². The first-order valence-corrected chi connectivity index (χ1v) is 71.8. The number of oxime groups is 1. The minimum absolute atomic E-state index is 0.0582. The smallest absolute Gasteiger partial charge is 0.306 e. The highest BCUT2D eigenvalue weighted by Gasteiger charge is 2.18. The van der Waals surface area contributed by atoms with Gasteiger partial charge in [-0.2, -0.15) is 10.2 Å². The maximum Gasteiger partial charge on any atom is 0.306 e. The molecular formula is C58H69N7O11S34. The molecule has 52 heteroatoms. The van der Waals surface area contributed by atoms with E-state index in [2.05, 4.69) is 66.1 Å². The molecule has 3 aromatic carbocycles. The number of benzene rings is 3. The van der Waals surface area contributed by atoms with Crippen LogP contribution in [0.2, 0.25) is 0 Å². The molecule has 110 heavy (non-hydrogen) atoms. The van der Waals surface area contributed by atoms with Crippen molar-refractivity contribution < 1.29 is 38.7 Å². The van der Waals surface area contributed by atoms with Crippen molar-refractivity contribution in [2.45, 2.75) is 137 Å². The lowest BCUT2D eigenvalue weighted by molar-refractivity contribution is -0.156. The zero-order chi connectivity index (χ0) is 81.7. The van der Waals surface area contributed by atoms with E-state index in [0.29, 0.717) is 84.8 Å². The SMILES string of the molecule is Cc1nc(-c2ccc3c(=O)n(C)c(CCCCC(=O)O)cc3c2)no1.Cn1c(CCCCC(=O)OC(C)(C)C)cc2cc(/C=N/O)ccc2c1=O.Cn1c(CCCCC(=O)OC(C)(C)C)cc2cc(C#N)ccc2c1=O.S=S=S=S=S=S=S=S=S.S=S=S=S=S=S=S=S=S=S=S=S.S=S=S=S=S=S=S=S=S=S=S=S=S. The molecule has 0 bridgehead atoms. The van der Waals surface area contributed by atoms with Crippen LogP contribution in [0.5, 0.6) is 0 Å². The highest BCUT2D eigenvalue weighted by Crippen LogP contribution is 2.23. The molecule has 0 saturated heterocycles. The molecule has 0 fully saturated rings. The van der Waals surface area contributed by atoms with Crippen molar-refractivity contribution in [2.24, 2.45) is 26.3 Å². The normalized spacial score (nSPS) is 10.1. The third kappa shape index (κ3) is 47.2. The summed E-state index contributed by atoms with van der Waals surface area (Å²) < 4.78 is 20.5. The van der Waals surface area contributed by atoms with Crippen LogP contribution in [0, 0.1) is 18.3 Å². The summed E-state index contributed by atoms with van der Waals surface area (Å²) in [5.41, 5.74) is 3.62. The summed E-state index contributed by atoms with van der Waals surface area (Å²) >= 11 is 28.1. The Kier molecular flexibility index (Phi) is 60.7. The summed E-state index contributed by atoms with van der Waals surface area (Å²) in [4.78, 5) is 75.8. The van der Waals surface area contributed by atoms with Crippen molar-refractivity contribution in [1.29, 1.82) is 5.26 Å². The number of esters is 2. The average molecular weight is 2130 g/mol. The summed E-state index contributed by atoms with van der Waals surface area (Å²) in [6, 6.07) is 23.8. The molecule has 2 N–H and O–H groups in total. The maximum atomic E-state index is 12.6. The van der Waals surface area contributed by atoms with Crippen LogP contribution < -0.4 is 16.7 Å². The van der Waals surface area contributed by atoms with Gasteiger partial charge >= 0.3 is 17.9 Å². The summed E-state index contributed by atoms with van der Waals surface area (Å²) in [6.45, 7) is 12.8. The van der Waals surface area contributed by atoms with Crippen LogP contribution in [0.1, 0.15) is 133 Å². The maximum absolute atomic E-state index is 12.6. The Morgan fingerprint density at radius 3 is 1.14 bits per heavy atom. The largest absolute Gasteiger partial charge is 0.481 e. The minimum Gasteiger partial charge on any atom is -0.481 e. The number of aryl methyl sites for hydroxylation is 4. The number of unbranched alkanes of at least 4 members (excludes halogenated alkanes) is 3. The molecule has 4 aromatic heterocycles. The number of carbonyl (C=O) groups excluding carboxylic acids is 2. The molecule has 0 unspecified atom stereocenters. The Bertz CT molecular complexity index is 5970. The van der Waals surface area contributed by atoms with E-state index in [9.17, 15) is 28.8 Å². The van der Waals surface area contributed by atoms with Gasteiger partial charge in [0.1, 0.15) is 11.2 Å². The molecule has 0 aliphatic heterocycles. The van der Waals surface area contributed by atoms with Gasteiger partial charge in [-0.15, -0.1) is 0 Å². The first kappa shape index (κ1) is 105. The lowest BCUT2D eigenvalue weighted by atomic mass is 10.0. The number of aromatic nitrogens is 5. The van der Waals surface area contributed by atoms with Crippen molar-refractivity contribution in [3.05, 3.63) is 138 Å². The van der Waals surface area contributed by atoms with Crippen molar-refractivity contribution in [2.75, 3.05) is 0 Å². The van der Waals surface area contributed by atoms with Crippen LogP contribution >= 0.6 is 0 Å². The highest BCUT2D eigenvalue weighted by atomic mass is 33.5. The Hall–Kier alpha value is -0.720. The molecule has 0 aliphatic carbocycles. The fourth-order valence-corrected chi connectivity index (χ4v) is 69.0. The number of ether oxygens (including phenoxy) is 2. The standard InChI is InChI=1S/C20H26N2O4.C20H24N2O3.C18H19N3O4.S13.S12.S9/c1-20(2,3)26-18(23)8-6-5-7-16-12-15-11-14(13-21-25)9-10-17(15)19(24)22(16)4;1-20(2,3)25-18(23)8-6-5-7-16-12-15-11-14(13-21)9-10-17(15)19(24)22(16)4;1-11-19-17(20-25-11)12-7-8-15-13(9-12)10-14(21(2)18(15)24)5-3-4-6-16(22)23;1-3-5-7-9-11-13-12-10-8-6-4-2;1-3-5-7-9-11-12-10-8-6-4-2;1-3-5-7-9-8-6-4-2/h9-13,25H,5-8H2,1-4H3;9-12H,5-8H2,1-4H3;7-10H,3-6H2,1-2H3,(H,22,23);;;/b21-13+;;;;;. The number of nitriles is 1. The Balaban J connectivity index is 0.000000466. The number of hydrogen-bond acceptors (Lipinski definition) is 20. The molecule has 18 nitrogen and oxygen atoms in total. The molecule has 606 valence electrons. The second-order valence-corrected chi connectivity index (χ2v) is 72.1. The van der Waals surface area contributed by atoms with Gasteiger partial charge in [0.2, 0.25) is 11.7 Å². The summed E-state index contributed by atoms with van der Waals surface area (Å²) in [7, 11) is 50.5. The van der Waals surface area contributed by atoms with Crippen molar-refractivity contribution >= 4 is 372 Å². The molecule has 7 rings (SSSR count). The second kappa shape index (κ2) is 63.3. The number of pyridine rings is 3. The number of aliphatic carboxylic acids is 1. The van der Waals surface area contributed by atoms with E-state index in [1.807, 2.05) is 71.9 Å².